The molecule has 0 aliphatic carbocycles. The molecule has 0 saturated heterocycles. The fraction of sp³-hybridized carbons (Fsp3) is 0.0714. The minimum absolute atomic E-state index is 0.0598. The lowest BCUT2D eigenvalue weighted by molar-refractivity contribution is -0.137. The SMILES string of the molecule is NC(=O)c1cccc(Oc2ccc(C(F)(F)F)cc2N)c1. The second-order valence-corrected chi connectivity index (χ2v) is 4.24. The van der Waals surface area contributed by atoms with Crippen LogP contribution < -0.4 is 16.2 Å². The zero-order valence-electron chi connectivity index (χ0n) is 10.6. The van der Waals surface area contributed by atoms with E-state index in [1.165, 1.54) is 24.3 Å². The maximum absolute atomic E-state index is 12.5. The number of hydrogen-bond donors (Lipinski definition) is 2. The molecule has 0 fully saturated rings. The van der Waals surface area contributed by atoms with E-state index in [0.29, 0.717) is 0 Å². The van der Waals surface area contributed by atoms with Gasteiger partial charge in [0.1, 0.15) is 11.5 Å². The minimum atomic E-state index is -4.47. The average Bonchev–Trinajstić information content (AvgIpc) is 2.40. The number of ether oxygens (including phenoxy) is 1. The number of halogens is 3. The van der Waals surface area contributed by atoms with Gasteiger partial charge in [0.25, 0.3) is 0 Å². The Balaban J connectivity index is 2.28. The molecule has 0 aromatic heterocycles. The Bertz CT molecular complexity index is 684. The largest absolute Gasteiger partial charge is 0.455 e. The van der Waals surface area contributed by atoms with Gasteiger partial charge in [-0.3, -0.25) is 4.79 Å². The van der Waals surface area contributed by atoms with Crippen LogP contribution in [0.4, 0.5) is 18.9 Å². The molecule has 4 N–H and O–H groups in total. The molecule has 0 saturated carbocycles. The summed E-state index contributed by atoms with van der Waals surface area (Å²) in [6.07, 6.45) is -4.47. The molecule has 0 spiro atoms. The van der Waals surface area contributed by atoms with Crippen LogP contribution in [-0.4, -0.2) is 5.91 Å². The Morgan fingerprint density at radius 1 is 1.10 bits per heavy atom. The molecule has 7 heteroatoms. The van der Waals surface area contributed by atoms with Crippen LogP contribution in [0.25, 0.3) is 0 Å². The van der Waals surface area contributed by atoms with Crippen LogP contribution in [0.15, 0.2) is 42.5 Å². The highest BCUT2D eigenvalue weighted by Gasteiger charge is 2.30. The highest BCUT2D eigenvalue weighted by Crippen LogP contribution is 2.35. The van der Waals surface area contributed by atoms with Crippen LogP contribution in [0.1, 0.15) is 15.9 Å². The Morgan fingerprint density at radius 3 is 2.38 bits per heavy atom. The molecule has 1 amide bonds. The van der Waals surface area contributed by atoms with E-state index in [1.807, 2.05) is 0 Å². The van der Waals surface area contributed by atoms with Crippen molar-refractivity contribution in [2.45, 2.75) is 6.18 Å². The monoisotopic (exact) mass is 296 g/mol. The summed E-state index contributed by atoms with van der Waals surface area (Å²) in [5.41, 5.74) is 9.88. The van der Waals surface area contributed by atoms with E-state index < -0.39 is 17.6 Å². The van der Waals surface area contributed by atoms with E-state index in [1.54, 1.807) is 0 Å². The number of alkyl halides is 3. The molecule has 2 aromatic carbocycles. The van der Waals surface area contributed by atoms with Crippen LogP contribution in [0.5, 0.6) is 11.5 Å². The van der Waals surface area contributed by atoms with Gasteiger partial charge in [-0.1, -0.05) is 6.07 Å². The smallest absolute Gasteiger partial charge is 0.416 e. The van der Waals surface area contributed by atoms with Gasteiger partial charge in [0.2, 0.25) is 5.91 Å². The first-order chi connectivity index (χ1) is 9.77. The van der Waals surface area contributed by atoms with Gasteiger partial charge in [-0.25, -0.2) is 0 Å². The van der Waals surface area contributed by atoms with Gasteiger partial charge in [0, 0.05) is 5.56 Å². The highest BCUT2D eigenvalue weighted by molar-refractivity contribution is 5.93. The second-order valence-electron chi connectivity index (χ2n) is 4.24. The van der Waals surface area contributed by atoms with Gasteiger partial charge < -0.3 is 16.2 Å². The number of carbonyl (C=O) groups is 1. The molecule has 2 aromatic rings. The van der Waals surface area contributed by atoms with E-state index in [2.05, 4.69) is 0 Å². The van der Waals surface area contributed by atoms with Gasteiger partial charge in [0.15, 0.2) is 0 Å². The molecule has 4 nitrogen and oxygen atoms in total. The van der Waals surface area contributed by atoms with Gasteiger partial charge in [-0.2, -0.15) is 13.2 Å². The van der Waals surface area contributed by atoms with Gasteiger partial charge in [-0.05, 0) is 36.4 Å². The lowest BCUT2D eigenvalue weighted by atomic mass is 10.1. The minimum Gasteiger partial charge on any atom is -0.455 e. The van der Waals surface area contributed by atoms with Crippen LogP contribution in [-0.2, 0) is 6.18 Å². The molecule has 0 atom stereocenters. The van der Waals surface area contributed by atoms with Crippen LogP contribution in [0.2, 0.25) is 0 Å². The number of amides is 1. The molecule has 0 unspecified atom stereocenters. The third-order valence-corrected chi connectivity index (χ3v) is 2.68. The van der Waals surface area contributed by atoms with Gasteiger partial charge in [0.05, 0.1) is 11.3 Å². The second kappa shape index (κ2) is 5.35. The van der Waals surface area contributed by atoms with E-state index in [0.717, 1.165) is 18.2 Å². The molecule has 0 aliphatic rings. The molecule has 0 radical (unpaired) electrons. The Morgan fingerprint density at radius 2 is 1.81 bits per heavy atom. The normalized spacial score (nSPS) is 11.2. The average molecular weight is 296 g/mol. The molecular formula is C14H11F3N2O2. The number of hydrogen-bond acceptors (Lipinski definition) is 3. The van der Waals surface area contributed by atoms with Crippen molar-refractivity contribution in [1.29, 1.82) is 0 Å². The Labute approximate surface area is 118 Å². The number of primary amides is 1. The van der Waals surface area contributed by atoms with Crippen molar-refractivity contribution in [3.05, 3.63) is 53.6 Å². The van der Waals surface area contributed by atoms with Crippen LogP contribution in [0, 0.1) is 0 Å². The van der Waals surface area contributed by atoms with Crippen LogP contribution in [0.3, 0.4) is 0 Å². The summed E-state index contributed by atoms with van der Waals surface area (Å²) in [7, 11) is 0. The van der Waals surface area contributed by atoms with Gasteiger partial charge >= 0.3 is 6.18 Å². The fourth-order valence-electron chi connectivity index (χ4n) is 1.66. The van der Waals surface area contributed by atoms with Gasteiger partial charge in [-0.15, -0.1) is 0 Å². The number of carbonyl (C=O) groups excluding carboxylic acids is 1. The summed E-state index contributed by atoms with van der Waals surface area (Å²) in [6, 6.07) is 8.70. The Kier molecular flexibility index (Phi) is 3.75. The van der Waals surface area contributed by atoms with Crippen molar-refractivity contribution in [2.24, 2.45) is 5.73 Å². The Hall–Kier alpha value is -2.70. The maximum Gasteiger partial charge on any atom is 0.416 e. The first-order valence-corrected chi connectivity index (χ1v) is 5.82. The van der Waals surface area contributed by atoms with E-state index in [-0.39, 0.29) is 22.7 Å². The number of rotatable bonds is 3. The van der Waals surface area contributed by atoms with Crippen molar-refractivity contribution in [2.75, 3.05) is 5.73 Å². The summed E-state index contributed by atoms with van der Waals surface area (Å²) in [4.78, 5) is 11.0. The van der Waals surface area contributed by atoms with E-state index in [4.69, 9.17) is 16.2 Å². The van der Waals surface area contributed by atoms with Crippen molar-refractivity contribution in [3.63, 3.8) is 0 Å². The first kappa shape index (κ1) is 14.7. The molecular weight excluding hydrogens is 285 g/mol. The summed E-state index contributed by atoms with van der Waals surface area (Å²) >= 11 is 0. The van der Waals surface area contributed by atoms with Crippen molar-refractivity contribution >= 4 is 11.6 Å². The van der Waals surface area contributed by atoms with Crippen LogP contribution >= 0.6 is 0 Å². The standard InChI is InChI=1S/C14H11F3N2O2/c15-14(16,17)9-4-5-12(11(18)7-9)21-10-3-1-2-8(6-10)13(19)20/h1-7H,18H2,(H2,19,20). The number of anilines is 1. The molecule has 0 heterocycles. The van der Waals surface area contributed by atoms with E-state index in [9.17, 15) is 18.0 Å². The number of nitrogen functional groups attached to an aromatic ring is 1. The fourth-order valence-corrected chi connectivity index (χ4v) is 1.66. The molecule has 0 aliphatic heterocycles. The van der Waals surface area contributed by atoms with E-state index >= 15 is 0 Å². The maximum atomic E-state index is 12.5. The van der Waals surface area contributed by atoms with Crippen molar-refractivity contribution in [1.82, 2.24) is 0 Å². The molecule has 2 rings (SSSR count). The predicted molar refractivity (Wildman–Crippen MR) is 70.9 cm³/mol. The zero-order chi connectivity index (χ0) is 15.6. The molecule has 21 heavy (non-hydrogen) atoms. The summed E-state index contributed by atoms with van der Waals surface area (Å²) in [6.45, 7) is 0. The zero-order valence-corrected chi connectivity index (χ0v) is 10.6. The summed E-state index contributed by atoms with van der Waals surface area (Å²) in [5, 5.41) is 0. The van der Waals surface area contributed by atoms with Crippen molar-refractivity contribution < 1.29 is 22.7 Å². The van der Waals surface area contributed by atoms with Crippen molar-refractivity contribution in [3.8, 4) is 11.5 Å². The molecule has 110 valence electrons. The quantitative estimate of drug-likeness (QED) is 0.854. The lowest BCUT2D eigenvalue weighted by Crippen LogP contribution is -2.10. The molecule has 0 bridgehead atoms. The highest BCUT2D eigenvalue weighted by atomic mass is 19.4. The topological polar surface area (TPSA) is 78.3 Å². The summed E-state index contributed by atoms with van der Waals surface area (Å²) in [5.74, 6) is -0.330. The lowest BCUT2D eigenvalue weighted by Gasteiger charge is -2.12. The number of nitrogens with two attached hydrogens (primary N) is 2. The first-order valence-electron chi connectivity index (χ1n) is 5.82. The third-order valence-electron chi connectivity index (χ3n) is 2.68. The summed E-state index contributed by atoms with van der Waals surface area (Å²) < 4.78 is 42.9. The number of benzene rings is 2. The third kappa shape index (κ3) is 3.44. The predicted octanol–water partition coefficient (Wildman–Crippen LogP) is 3.18.